The molecule has 0 aromatic carbocycles. The van der Waals surface area contributed by atoms with Crippen molar-refractivity contribution >= 4 is 16.9 Å². The molecule has 2 aliphatic rings. The van der Waals surface area contributed by atoms with Crippen molar-refractivity contribution in [3.8, 4) is 0 Å². The maximum Gasteiger partial charge on any atom is 0.343 e. The molecule has 0 aliphatic carbocycles. The Bertz CT molecular complexity index is 1040. The molecule has 3 aromatic heterocycles. The van der Waals surface area contributed by atoms with E-state index in [2.05, 4.69) is 25.4 Å². The summed E-state index contributed by atoms with van der Waals surface area (Å²) in [6.45, 7) is 1.64. The van der Waals surface area contributed by atoms with Gasteiger partial charge >= 0.3 is 5.69 Å². The lowest BCUT2D eigenvalue weighted by molar-refractivity contribution is -0.0816. The van der Waals surface area contributed by atoms with Crippen LogP contribution < -0.4 is 5.69 Å². The Labute approximate surface area is 140 Å². The van der Waals surface area contributed by atoms with Crippen molar-refractivity contribution in [1.82, 2.24) is 34.8 Å². The fourth-order valence-corrected chi connectivity index (χ4v) is 3.55. The van der Waals surface area contributed by atoms with E-state index in [1.54, 1.807) is 21.7 Å². The number of hydrogen-bond acceptors (Lipinski definition) is 6. The van der Waals surface area contributed by atoms with Gasteiger partial charge in [-0.2, -0.15) is 10.2 Å². The average Bonchev–Trinajstić information content (AvgIpc) is 3.34. The maximum atomic E-state index is 12.8. The zero-order chi connectivity index (χ0) is 17.0. The molecule has 0 saturated carbocycles. The van der Waals surface area contributed by atoms with Gasteiger partial charge in [0, 0.05) is 11.9 Å². The van der Waals surface area contributed by atoms with Crippen LogP contribution >= 0.6 is 0 Å². The molecule has 10 nitrogen and oxygen atoms in total. The van der Waals surface area contributed by atoms with Gasteiger partial charge in [-0.25, -0.2) is 14.9 Å². The van der Waals surface area contributed by atoms with Gasteiger partial charge in [0.1, 0.15) is 17.9 Å². The molecule has 2 N–H and O–H groups in total. The van der Waals surface area contributed by atoms with Crippen molar-refractivity contribution in [2.24, 2.45) is 0 Å². The number of carbonyl (C=O) groups excluding carboxylic acids is 1. The van der Waals surface area contributed by atoms with Gasteiger partial charge in [0.25, 0.3) is 5.91 Å². The standard InChI is InChI=1S/C15H15N7O3/c23-13(10-2-1-9-5-16-19-12(9)17-10)21-4-3-15(7-21)8-22-11(6-25-15)18-20-14(22)24/h1-2,5H,3-4,6-8H2,(H,20,24)(H,16,17,19). The molecule has 1 spiro atoms. The van der Waals surface area contributed by atoms with E-state index in [9.17, 15) is 9.59 Å². The van der Waals surface area contributed by atoms with Crippen LogP contribution in [0.25, 0.3) is 11.0 Å². The highest BCUT2D eigenvalue weighted by Crippen LogP contribution is 2.31. The number of ether oxygens (including phenoxy) is 1. The molecule has 2 aliphatic heterocycles. The van der Waals surface area contributed by atoms with Gasteiger partial charge in [-0.05, 0) is 18.6 Å². The Morgan fingerprint density at radius 1 is 1.28 bits per heavy atom. The normalized spacial score (nSPS) is 22.6. The van der Waals surface area contributed by atoms with Crippen LogP contribution in [-0.2, 0) is 17.9 Å². The van der Waals surface area contributed by atoms with Crippen LogP contribution in [0.5, 0.6) is 0 Å². The lowest BCUT2D eigenvalue weighted by Crippen LogP contribution is -2.47. The molecule has 1 saturated heterocycles. The monoisotopic (exact) mass is 341 g/mol. The summed E-state index contributed by atoms with van der Waals surface area (Å²) >= 11 is 0. The first-order valence-electron chi connectivity index (χ1n) is 8.01. The number of H-pyrrole nitrogens is 2. The summed E-state index contributed by atoms with van der Waals surface area (Å²) in [5.41, 5.74) is 0.164. The fourth-order valence-electron chi connectivity index (χ4n) is 3.55. The molecule has 10 heteroatoms. The number of pyridine rings is 1. The molecule has 0 radical (unpaired) electrons. The summed E-state index contributed by atoms with van der Waals surface area (Å²) in [6, 6.07) is 3.52. The number of fused-ring (bicyclic) bond motifs is 2. The first-order chi connectivity index (χ1) is 12.1. The van der Waals surface area contributed by atoms with Crippen molar-refractivity contribution in [1.29, 1.82) is 0 Å². The van der Waals surface area contributed by atoms with Crippen molar-refractivity contribution in [2.45, 2.75) is 25.2 Å². The summed E-state index contributed by atoms with van der Waals surface area (Å²) < 4.78 is 7.56. The molecular formula is C15H15N7O3. The van der Waals surface area contributed by atoms with Crippen LogP contribution in [0.1, 0.15) is 22.7 Å². The smallest absolute Gasteiger partial charge is 0.343 e. The average molecular weight is 341 g/mol. The van der Waals surface area contributed by atoms with Crippen LogP contribution in [-0.4, -0.2) is 59.4 Å². The molecule has 3 aromatic rings. The van der Waals surface area contributed by atoms with Crippen molar-refractivity contribution < 1.29 is 9.53 Å². The van der Waals surface area contributed by atoms with Crippen molar-refractivity contribution in [2.75, 3.05) is 13.1 Å². The number of aromatic nitrogens is 6. The highest BCUT2D eigenvalue weighted by Gasteiger charge is 2.45. The van der Waals surface area contributed by atoms with E-state index in [4.69, 9.17) is 4.74 Å². The van der Waals surface area contributed by atoms with Gasteiger partial charge in [-0.1, -0.05) is 0 Å². The number of nitrogens with zero attached hydrogens (tertiary/aromatic N) is 5. The summed E-state index contributed by atoms with van der Waals surface area (Å²) in [7, 11) is 0. The minimum atomic E-state index is -0.547. The Balaban J connectivity index is 1.39. The Hall–Kier alpha value is -3.01. The number of aromatic amines is 2. The molecule has 1 unspecified atom stereocenters. The molecule has 0 bridgehead atoms. The molecule has 128 valence electrons. The molecule has 1 fully saturated rings. The second kappa shape index (κ2) is 4.99. The van der Waals surface area contributed by atoms with E-state index in [0.717, 1.165) is 5.39 Å². The Morgan fingerprint density at radius 3 is 3.12 bits per heavy atom. The van der Waals surface area contributed by atoms with Crippen LogP contribution in [0.3, 0.4) is 0 Å². The summed E-state index contributed by atoms with van der Waals surface area (Å²) in [5, 5.41) is 13.9. The first kappa shape index (κ1) is 14.3. The molecule has 25 heavy (non-hydrogen) atoms. The van der Waals surface area contributed by atoms with Gasteiger partial charge in [-0.15, -0.1) is 0 Å². The molecule has 1 amide bonds. The number of carbonyl (C=O) groups is 1. The van der Waals surface area contributed by atoms with Crippen LogP contribution in [0.4, 0.5) is 0 Å². The minimum absolute atomic E-state index is 0.151. The second-order valence-corrected chi connectivity index (χ2v) is 6.48. The van der Waals surface area contributed by atoms with Gasteiger partial charge in [0.15, 0.2) is 11.5 Å². The van der Waals surface area contributed by atoms with Gasteiger partial charge < -0.3 is 9.64 Å². The number of hydrogen-bond donors (Lipinski definition) is 2. The number of likely N-dealkylation sites (tertiary alicyclic amines) is 1. The second-order valence-electron chi connectivity index (χ2n) is 6.48. The highest BCUT2D eigenvalue weighted by molar-refractivity contribution is 5.94. The maximum absolute atomic E-state index is 12.8. The van der Waals surface area contributed by atoms with Crippen LogP contribution in [0.15, 0.2) is 23.1 Å². The largest absolute Gasteiger partial charge is 0.363 e. The summed E-state index contributed by atoms with van der Waals surface area (Å²) in [5.74, 6) is 0.439. The third-order valence-electron chi connectivity index (χ3n) is 4.91. The lowest BCUT2D eigenvalue weighted by atomic mass is 10.0. The van der Waals surface area contributed by atoms with Crippen LogP contribution in [0.2, 0.25) is 0 Å². The Morgan fingerprint density at radius 2 is 2.20 bits per heavy atom. The van der Waals surface area contributed by atoms with E-state index >= 15 is 0 Å². The summed E-state index contributed by atoms with van der Waals surface area (Å²) in [4.78, 5) is 30.7. The zero-order valence-electron chi connectivity index (χ0n) is 13.2. The molecule has 5 rings (SSSR count). The van der Waals surface area contributed by atoms with E-state index in [0.29, 0.717) is 43.2 Å². The third kappa shape index (κ3) is 2.18. The van der Waals surface area contributed by atoms with Crippen LogP contribution in [0, 0.1) is 0 Å². The van der Waals surface area contributed by atoms with Gasteiger partial charge in [0.05, 0.1) is 19.3 Å². The zero-order valence-corrected chi connectivity index (χ0v) is 13.2. The van der Waals surface area contributed by atoms with Gasteiger partial charge in [-0.3, -0.25) is 14.5 Å². The SMILES string of the molecule is O=C(c1ccc2cn[nH]c2n1)N1CCC2(C1)Cn1c(n[nH]c1=O)CO2. The molecular weight excluding hydrogens is 326 g/mol. The Kier molecular flexibility index (Phi) is 2.86. The highest BCUT2D eigenvalue weighted by atomic mass is 16.5. The fraction of sp³-hybridized carbons (Fsp3) is 0.400. The predicted octanol–water partition coefficient (Wildman–Crippen LogP) is -0.342. The number of rotatable bonds is 1. The lowest BCUT2D eigenvalue weighted by Gasteiger charge is -2.33. The third-order valence-corrected chi connectivity index (χ3v) is 4.91. The molecule has 5 heterocycles. The van der Waals surface area contributed by atoms with E-state index < -0.39 is 5.60 Å². The predicted molar refractivity (Wildman–Crippen MR) is 84.8 cm³/mol. The quantitative estimate of drug-likeness (QED) is 0.624. The number of amides is 1. The number of nitrogens with one attached hydrogen (secondary N) is 2. The first-order valence-corrected chi connectivity index (χ1v) is 8.01. The van der Waals surface area contributed by atoms with Gasteiger partial charge in [0.2, 0.25) is 0 Å². The van der Waals surface area contributed by atoms with E-state index in [1.165, 1.54) is 0 Å². The van der Waals surface area contributed by atoms with E-state index in [-0.39, 0.29) is 18.2 Å². The molecule has 1 atom stereocenters. The minimum Gasteiger partial charge on any atom is -0.363 e. The topological polar surface area (TPSA) is 122 Å². The summed E-state index contributed by atoms with van der Waals surface area (Å²) in [6.07, 6.45) is 2.33. The van der Waals surface area contributed by atoms with Crippen molar-refractivity contribution in [3.63, 3.8) is 0 Å². The van der Waals surface area contributed by atoms with Crippen molar-refractivity contribution in [3.05, 3.63) is 40.3 Å². The van der Waals surface area contributed by atoms with E-state index in [1.807, 2.05) is 6.07 Å².